The average molecular weight is 362 g/mol. The number of nitrogens with zero attached hydrogens (tertiary/aromatic N) is 1. The molecule has 2 fully saturated rings. The molecule has 2 saturated heterocycles. The lowest BCUT2D eigenvalue weighted by atomic mass is 10.1. The molecule has 0 saturated carbocycles. The maximum atomic E-state index is 12.0. The van der Waals surface area contributed by atoms with Crippen molar-refractivity contribution in [3.63, 3.8) is 0 Å². The molecule has 0 amide bonds. The van der Waals surface area contributed by atoms with Crippen LogP contribution < -0.4 is 17.0 Å². The van der Waals surface area contributed by atoms with Crippen LogP contribution in [0.2, 0.25) is 0 Å². The number of halogens is 1. The molecule has 0 radical (unpaired) electrons. The summed E-state index contributed by atoms with van der Waals surface area (Å²) < 4.78 is 18.9. The van der Waals surface area contributed by atoms with Crippen LogP contribution in [-0.4, -0.2) is 40.2 Å². The van der Waals surface area contributed by atoms with Gasteiger partial charge in [-0.2, -0.15) is 0 Å². The fourth-order valence-electron chi connectivity index (χ4n) is 2.72. The Morgan fingerprint density at radius 1 is 1.38 bits per heavy atom. The van der Waals surface area contributed by atoms with Gasteiger partial charge in [0.1, 0.15) is 18.3 Å². The van der Waals surface area contributed by atoms with E-state index in [9.17, 15) is 9.59 Å². The van der Waals surface area contributed by atoms with Gasteiger partial charge in [-0.15, -0.1) is 0 Å². The molecule has 8 nitrogen and oxygen atoms in total. The number of H-pyrrole nitrogens is 1. The molecule has 116 valence electrons. The Morgan fingerprint density at radius 3 is 2.71 bits per heavy atom. The fourth-order valence-corrected chi connectivity index (χ4v) is 3.04. The molecule has 2 aliphatic rings. The van der Waals surface area contributed by atoms with E-state index in [1.165, 1.54) is 10.8 Å². The number of nitrogens with two attached hydrogens (primary N) is 1. The van der Waals surface area contributed by atoms with Crippen LogP contribution in [0.15, 0.2) is 20.3 Å². The predicted octanol–water partition coefficient (Wildman–Crippen LogP) is -0.325. The average Bonchev–Trinajstić information content (AvgIpc) is 2.87. The number of rotatable bonds is 2. The highest BCUT2D eigenvalue weighted by molar-refractivity contribution is 9.10. The summed E-state index contributed by atoms with van der Waals surface area (Å²) in [6.07, 6.45) is -0.516. The molecule has 1 aromatic heterocycles. The van der Waals surface area contributed by atoms with E-state index in [0.717, 1.165) is 0 Å². The van der Waals surface area contributed by atoms with Crippen molar-refractivity contribution in [3.05, 3.63) is 31.5 Å². The van der Waals surface area contributed by atoms with E-state index in [-0.39, 0.29) is 23.2 Å². The standard InChI is InChI=1S/C12H16BrN3O5/c1-12(2)20-7-6(3-14)19-10(8(7)21-12)16-4-5(13)9(17)15-11(16)18/h4,6-8,10H,3,14H2,1-2H3,(H,15,17,18)/t6-,7-,8-,10-/m1/s1. The zero-order valence-corrected chi connectivity index (χ0v) is 13.1. The van der Waals surface area contributed by atoms with Crippen LogP contribution in [0.5, 0.6) is 0 Å². The molecule has 2 aliphatic heterocycles. The van der Waals surface area contributed by atoms with Gasteiger partial charge in [0, 0.05) is 12.7 Å². The topological polar surface area (TPSA) is 109 Å². The molecule has 3 rings (SSSR count). The molecule has 4 atom stereocenters. The lowest BCUT2D eigenvalue weighted by molar-refractivity contribution is -0.196. The van der Waals surface area contributed by atoms with Crippen LogP contribution >= 0.6 is 15.9 Å². The van der Waals surface area contributed by atoms with Gasteiger partial charge >= 0.3 is 5.69 Å². The summed E-state index contributed by atoms with van der Waals surface area (Å²) in [5, 5.41) is 0. The van der Waals surface area contributed by atoms with Crippen molar-refractivity contribution in [1.82, 2.24) is 9.55 Å². The molecule has 0 aliphatic carbocycles. The van der Waals surface area contributed by atoms with Crippen molar-refractivity contribution in [3.8, 4) is 0 Å². The summed E-state index contributed by atoms with van der Waals surface area (Å²) in [6.45, 7) is 3.83. The van der Waals surface area contributed by atoms with Crippen LogP contribution in [0, 0.1) is 0 Å². The summed E-state index contributed by atoms with van der Waals surface area (Å²) in [5.74, 6) is -0.770. The summed E-state index contributed by atoms with van der Waals surface area (Å²) in [6, 6.07) is 0. The van der Waals surface area contributed by atoms with Gasteiger partial charge in [-0.3, -0.25) is 14.3 Å². The van der Waals surface area contributed by atoms with Gasteiger partial charge in [0.25, 0.3) is 5.56 Å². The largest absolute Gasteiger partial charge is 0.348 e. The summed E-state index contributed by atoms with van der Waals surface area (Å²) in [4.78, 5) is 25.6. The second kappa shape index (κ2) is 5.03. The minimum Gasteiger partial charge on any atom is -0.348 e. The number of hydrogen-bond acceptors (Lipinski definition) is 6. The van der Waals surface area contributed by atoms with Gasteiger partial charge in [-0.05, 0) is 29.8 Å². The van der Waals surface area contributed by atoms with Gasteiger partial charge in [0.15, 0.2) is 12.0 Å². The van der Waals surface area contributed by atoms with E-state index in [1.54, 1.807) is 13.8 Å². The molecule has 21 heavy (non-hydrogen) atoms. The van der Waals surface area contributed by atoms with Gasteiger partial charge in [-0.1, -0.05) is 0 Å². The van der Waals surface area contributed by atoms with Crippen LogP contribution in [0.25, 0.3) is 0 Å². The Labute approximate surface area is 128 Å². The SMILES string of the molecule is CC1(C)O[C@@H]2[C@H](O1)[C@@H](CN)O[C@H]2n1cc(Br)c(=O)[nH]c1=O. The van der Waals surface area contributed by atoms with E-state index in [4.69, 9.17) is 19.9 Å². The van der Waals surface area contributed by atoms with Gasteiger partial charge < -0.3 is 19.9 Å². The summed E-state index contributed by atoms with van der Waals surface area (Å²) >= 11 is 3.10. The maximum absolute atomic E-state index is 12.0. The number of aromatic nitrogens is 2. The summed E-state index contributed by atoms with van der Waals surface area (Å²) in [7, 11) is 0. The third kappa shape index (κ3) is 2.49. The predicted molar refractivity (Wildman–Crippen MR) is 75.8 cm³/mol. The lowest BCUT2D eigenvalue weighted by Crippen LogP contribution is -2.37. The van der Waals surface area contributed by atoms with Crippen molar-refractivity contribution in [2.45, 2.75) is 44.2 Å². The van der Waals surface area contributed by atoms with E-state index in [2.05, 4.69) is 20.9 Å². The maximum Gasteiger partial charge on any atom is 0.330 e. The van der Waals surface area contributed by atoms with Crippen LogP contribution in [-0.2, 0) is 14.2 Å². The number of aromatic amines is 1. The first kappa shape index (κ1) is 14.9. The molecule has 0 bridgehead atoms. The van der Waals surface area contributed by atoms with Crippen molar-refractivity contribution >= 4 is 15.9 Å². The molecule has 9 heteroatoms. The van der Waals surface area contributed by atoms with Crippen molar-refractivity contribution < 1.29 is 14.2 Å². The Bertz CT molecular complexity index is 670. The molecule has 3 N–H and O–H groups in total. The van der Waals surface area contributed by atoms with Crippen LogP contribution in [0.4, 0.5) is 0 Å². The Hall–Kier alpha value is -1.00. The second-order valence-electron chi connectivity index (χ2n) is 5.51. The highest BCUT2D eigenvalue weighted by Gasteiger charge is 2.55. The number of fused-ring (bicyclic) bond motifs is 1. The second-order valence-corrected chi connectivity index (χ2v) is 6.36. The fraction of sp³-hybridized carbons (Fsp3) is 0.667. The molecule has 0 aromatic carbocycles. The Morgan fingerprint density at radius 2 is 2.05 bits per heavy atom. The molecular weight excluding hydrogens is 346 g/mol. The van der Waals surface area contributed by atoms with Crippen LogP contribution in [0.3, 0.4) is 0 Å². The number of nitrogens with one attached hydrogen (secondary N) is 1. The first-order valence-electron chi connectivity index (χ1n) is 6.54. The van der Waals surface area contributed by atoms with E-state index >= 15 is 0 Å². The number of hydrogen-bond donors (Lipinski definition) is 2. The van der Waals surface area contributed by atoms with Crippen molar-refractivity contribution in [2.75, 3.05) is 6.54 Å². The monoisotopic (exact) mass is 361 g/mol. The minimum absolute atomic E-state index is 0.233. The smallest absolute Gasteiger partial charge is 0.330 e. The lowest BCUT2D eigenvalue weighted by Gasteiger charge is -2.24. The third-order valence-corrected chi connectivity index (χ3v) is 4.12. The Balaban J connectivity index is 2.01. The van der Waals surface area contributed by atoms with Gasteiger partial charge in [0.05, 0.1) is 4.47 Å². The van der Waals surface area contributed by atoms with Crippen LogP contribution in [0.1, 0.15) is 20.1 Å². The molecular formula is C12H16BrN3O5. The quantitative estimate of drug-likeness (QED) is 0.746. The third-order valence-electron chi connectivity index (χ3n) is 3.56. The first-order chi connectivity index (χ1) is 9.82. The van der Waals surface area contributed by atoms with E-state index < -0.39 is 29.4 Å². The summed E-state index contributed by atoms with van der Waals surface area (Å²) in [5.41, 5.74) is 4.63. The zero-order valence-electron chi connectivity index (χ0n) is 11.5. The Kier molecular flexibility index (Phi) is 3.57. The van der Waals surface area contributed by atoms with Crippen molar-refractivity contribution in [2.24, 2.45) is 5.73 Å². The zero-order chi connectivity index (χ0) is 15.4. The first-order valence-corrected chi connectivity index (χ1v) is 7.34. The molecule has 1 aromatic rings. The number of ether oxygens (including phenoxy) is 3. The molecule has 0 unspecified atom stereocenters. The normalized spacial score (nSPS) is 34.1. The van der Waals surface area contributed by atoms with E-state index in [1.807, 2.05) is 0 Å². The van der Waals surface area contributed by atoms with E-state index in [0.29, 0.717) is 0 Å². The van der Waals surface area contributed by atoms with Gasteiger partial charge in [0.2, 0.25) is 0 Å². The molecule has 3 heterocycles. The van der Waals surface area contributed by atoms with Crippen molar-refractivity contribution in [1.29, 1.82) is 0 Å². The van der Waals surface area contributed by atoms with Gasteiger partial charge in [-0.25, -0.2) is 4.79 Å². The molecule has 0 spiro atoms. The highest BCUT2D eigenvalue weighted by atomic mass is 79.9. The highest BCUT2D eigenvalue weighted by Crippen LogP contribution is 2.42. The minimum atomic E-state index is -0.770.